The number of hydrogen-bond donors (Lipinski definition) is 0. The highest BCUT2D eigenvalue weighted by molar-refractivity contribution is 5.97. The lowest BCUT2D eigenvalue weighted by Crippen LogP contribution is -2.26. The number of ketones is 1. The Kier molecular flexibility index (Phi) is 2.17. The Labute approximate surface area is 81.8 Å². The minimum absolute atomic E-state index is 0.166. The number of furan rings is 1. The first kappa shape index (κ1) is 9.43. The molecule has 4 nitrogen and oxygen atoms in total. The van der Waals surface area contributed by atoms with E-state index in [1.54, 1.807) is 26.0 Å². The smallest absolute Gasteiger partial charge is 0.229 e. The molecule has 1 aromatic rings. The zero-order valence-electron chi connectivity index (χ0n) is 8.15. The van der Waals surface area contributed by atoms with Gasteiger partial charge in [0.15, 0.2) is 17.7 Å². The van der Waals surface area contributed by atoms with Crippen LogP contribution in [-0.2, 0) is 9.47 Å². The van der Waals surface area contributed by atoms with E-state index in [0.29, 0.717) is 5.76 Å². The average Bonchev–Trinajstić information content (AvgIpc) is 2.72. The summed E-state index contributed by atoms with van der Waals surface area (Å²) < 4.78 is 15.7. The van der Waals surface area contributed by atoms with Crippen molar-refractivity contribution < 1.29 is 18.7 Å². The molecule has 2 heterocycles. The lowest BCUT2D eigenvalue weighted by molar-refractivity contribution is -0.133. The topological polar surface area (TPSA) is 48.7 Å². The molecule has 0 amide bonds. The maximum atomic E-state index is 11.7. The molecule has 1 aliphatic heterocycles. The molecule has 1 atom stereocenters. The number of carbonyl (C=O) groups excluding carboxylic acids is 1. The van der Waals surface area contributed by atoms with E-state index in [4.69, 9.17) is 13.9 Å². The Morgan fingerprint density at radius 3 is 2.86 bits per heavy atom. The number of ether oxygens (including phenoxy) is 2. The van der Waals surface area contributed by atoms with E-state index in [0.717, 1.165) is 0 Å². The summed E-state index contributed by atoms with van der Waals surface area (Å²) in [6.07, 6.45) is 0.921. The maximum absolute atomic E-state index is 11.7. The summed E-state index contributed by atoms with van der Waals surface area (Å²) in [5, 5.41) is 0. The van der Waals surface area contributed by atoms with E-state index in [-0.39, 0.29) is 12.4 Å². The lowest BCUT2D eigenvalue weighted by atomic mass is 10.2. The van der Waals surface area contributed by atoms with E-state index < -0.39 is 11.9 Å². The van der Waals surface area contributed by atoms with Crippen LogP contribution in [0.5, 0.6) is 0 Å². The van der Waals surface area contributed by atoms with Crippen LogP contribution in [0, 0.1) is 0 Å². The summed E-state index contributed by atoms with van der Waals surface area (Å²) in [5.74, 6) is -0.524. The van der Waals surface area contributed by atoms with Gasteiger partial charge in [-0.15, -0.1) is 0 Å². The summed E-state index contributed by atoms with van der Waals surface area (Å²) in [5.41, 5.74) is 0. The van der Waals surface area contributed by atoms with Crippen molar-refractivity contribution in [2.24, 2.45) is 0 Å². The van der Waals surface area contributed by atoms with Crippen molar-refractivity contribution in [3.8, 4) is 0 Å². The molecule has 0 bridgehead atoms. The third kappa shape index (κ3) is 1.71. The van der Waals surface area contributed by atoms with Crippen LogP contribution in [0.2, 0.25) is 0 Å². The fourth-order valence-corrected chi connectivity index (χ4v) is 1.39. The van der Waals surface area contributed by atoms with Crippen molar-refractivity contribution in [1.29, 1.82) is 0 Å². The van der Waals surface area contributed by atoms with E-state index >= 15 is 0 Å². The summed E-state index contributed by atoms with van der Waals surface area (Å²) in [7, 11) is 0. The predicted molar refractivity (Wildman–Crippen MR) is 47.9 cm³/mol. The molecule has 0 unspecified atom stereocenters. The van der Waals surface area contributed by atoms with Gasteiger partial charge in [-0.3, -0.25) is 4.79 Å². The average molecular weight is 196 g/mol. The Morgan fingerprint density at radius 2 is 2.36 bits per heavy atom. The molecule has 1 fully saturated rings. The van der Waals surface area contributed by atoms with E-state index in [9.17, 15) is 4.79 Å². The Bertz CT molecular complexity index is 326. The third-order valence-electron chi connectivity index (χ3n) is 2.06. The standard InChI is InChI=1S/C10H12O4/c1-10(2)13-6-8(14-10)9(11)7-4-3-5-12-7/h3-5,8H,6H2,1-2H3/t8-/m1/s1. The van der Waals surface area contributed by atoms with Crippen LogP contribution >= 0.6 is 0 Å². The van der Waals surface area contributed by atoms with Gasteiger partial charge in [0.1, 0.15) is 0 Å². The highest BCUT2D eigenvalue weighted by Gasteiger charge is 2.38. The largest absolute Gasteiger partial charge is 0.461 e. The minimum atomic E-state index is -0.674. The third-order valence-corrected chi connectivity index (χ3v) is 2.06. The summed E-state index contributed by atoms with van der Waals surface area (Å²) in [6.45, 7) is 3.84. The molecule has 0 spiro atoms. The van der Waals surface area contributed by atoms with Crippen LogP contribution in [0.15, 0.2) is 22.8 Å². The molecular weight excluding hydrogens is 184 g/mol. The number of rotatable bonds is 2. The van der Waals surface area contributed by atoms with Gasteiger partial charge in [-0.25, -0.2) is 0 Å². The molecule has 1 aromatic heterocycles. The molecule has 0 aliphatic carbocycles. The molecule has 2 rings (SSSR count). The van der Waals surface area contributed by atoms with E-state index in [1.165, 1.54) is 6.26 Å². The Hall–Kier alpha value is -1.13. The van der Waals surface area contributed by atoms with Crippen molar-refractivity contribution in [2.45, 2.75) is 25.7 Å². The summed E-state index contributed by atoms with van der Waals surface area (Å²) in [6, 6.07) is 3.30. The molecule has 14 heavy (non-hydrogen) atoms. The SMILES string of the molecule is CC1(C)OC[C@H](C(=O)c2ccco2)O1. The van der Waals surface area contributed by atoms with Crippen LogP contribution in [0.1, 0.15) is 24.4 Å². The van der Waals surface area contributed by atoms with Gasteiger partial charge < -0.3 is 13.9 Å². The summed E-state index contributed by atoms with van der Waals surface area (Å²) >= 11 is 0. The first-order valence-electron chi connectivity index (χ1n) is 4.48. The molecule has 0 radical (unpaired) electrons. The van der Waals surface area contributed by atoms with Gasteiger partial charge >= 0.3 is 0 Å². The zero-order chi connectivity index (χ0) is 10.2. The fraction of sp³-hybridized carbons (Fsp3) is 0.500. The van der Waals surface area contributed by atoms with Crippen LogP contribution in [0.3, 0.4) is 0 Å². The molecule has 0 N–H and O–H groups in total. The van der Waals surface area contributed by atoms with E-state index in [1.807, 2.05) is 0 Å². The monoisotopic (exact) mass is 196 g/mol. The first-order chi connectivity index (χ1) is 6.58. The van der Waals surface area contributed by atoms with Crippen molar-refractivity contribution >= 4 is 5.78 Å². The van der Waals surface area contributed by atoms with Crippen molar-refractivity contribution in [2.75, 3.05) is 6.61 Å². The van der Waals surface area contributed by atoms with Crippen LogP contribution in [0.4, 0.5) is 0 Å². The van der Waals surface area contributed by atoms with Gasteiger partial charge in [-0.2, -0.15) is 0 Å². The van der Waals surface area contributed by atoms with Crippen molar-refractivity contribution in [1.82, 2.24) is 0 Å². The Morgan fingerprint density at radius 1 is 1.57 bits per heavy atom. The van der Waals surface area contributed by atoms with Crippen LogP contribution in [0.25, 0.3) is 0 Å². The molecule has 76 valence electrons. The van der Waals surface area contributed by atoms with E-state index in [2.05, 4.69) is 0 Å². The van der Waals surface area contributed by atoms with Crippen LogP contribution in [-0.4, -0.2) is 24.3 Å². The number of carbonyl (C=O) groups is 1. The maximum Gasteiger partial charge on any atom is 0.229 e. The van der Waals surface area contributed by atoms with Gasteiger partial charge in [-0.05, 0) is 26.0 Å². The molecular formula is C10H12O4. The quantitative estimate of drug-likeness (QED) is 0.674. The van der Waals surface area contributed by atoms with Gasteiger partial charge in [-0.1, -0.05) is 0 Å². The van der Waals surface area contributed by atoms with Crippen LogP contribution < -0.4 is 0 Å². The predicted octanol–water partition coefficient (Wildman–Crippen LogP) is 1.61. The lowest BCUT2D eigenvalue weighted by Gasteiger charge is -2.15. The van der Waals surface area contributed by atoms with Gasteiger partial charge in [0.25, 0.3) is 0 Å². The second-order valence-corrected chi connectivity index (χ2v) is 3.66. The first-order valence-corrected chi connectivity index (χ1v) is 4.48. The molecule has 1 saturated heterocycles. The number of Topliss-reactive ketones (excluding diaryl/α,β-unsaturated/α-hetero) is 1. The van der Waals surface area contributed by atoms with Crippen molar-refractivity contribution in [3.63, 3.8) is 0 Å². The van der Waals surface area contributed by atoms with Crippen molar-refractivity contribution in [3.05, 3.63) is 24.2 Å². The summed E-state index contributed by atoms with van der Waals surface area (Å²) in [4.78, 5) is 11.7. The fourth-order valence-electron chi connectivity index (χ4n) is 1.39. The molecule has 0 aromatic carbocycles. The highest BCUT2D eigenvalue weighted by atomic mass is 16.7. The minimum Gasteiger partial charge on any atom is -0.461 e. The normalized spacial score (nSPS) is 25.1. The molecule has 4 heteroatoms. The second kappa shape index (κ2) is 3.22. The number of hydrogen-bond acceptors (Lipinski definition) is 4. The highest BCUT2D eigenvalue weighted by Crippen LogP contribution is 2.24. The van der Waals surface area contributed by atoms with Gasteiger partial charge in [0.2, 0.25) is 5.78 Å². The zero-order valence-corrected chi connectivity index (χ0v) is 8.15. The molecule has 1 aliphatic rings. The van der Waals surface area contributed by atoms with Gasteiger partial charge in [0.05, 0.1) is 12.9 Å². The Balaban J connectivity index is 2.08. The van der Waals surface area contributed by atoms with Gasteiger partial charge in [0, 0.05) is 0 Å². The second-order valence-electron chi connectivity index (χ2n) is 3.66. The molecule has 0 saturated carbocycles.